The van der Waals surface area contributed by atoms with Crippen LogP contribution in [0.3, 0.4) is 0 Å². The number of sulfonamides is 1. The molecule has 1 saturated heterocycles. The van der Waals surface area contributed by atoms with Gasteiger partial charge in [0.2, 0.25) is 10.0 Å². The highest BCUT2D eigenvalue weighted by Gasteiger charge is 2.29. The van der Waals surface area contributed by atoms with Gasteiger partial charge in [-0.25, -0.2) is 8.42 Å². The number of rotatable bonds is 8. The Morgan fingerprint density at radius 2 is 1.64 bits per heavy atom. The quantitative estimate of drug-likeness (QED) is 0.462. The molecule has 1 aliphatic heterocycles. The van der Waals surface area contributed by atoms with Gasteiger partial charge in [-0.1, -0.05) is 48.5 Å². The molecule has 1 fully saturated rings. The SMILES string of the molecule is CCOC(=O)Cn1c(-c2ccccc2)cc(Cc2ccccc2S(=O)(=O)N2CCCC2)c1C. The predicted molar refractivity (Wildman–Crippen MR) is 128 cm³/mol. The van der Waals surface area contributed by atoms with Crippen LogP contribution in [0.4, 0.5) is 0 Å². The van der Waals surface area contributed by atoms with Crippen molar-refractivity contribution in [1.82, 2.24) is 8.87 Å². The summed E-state index contributed by atoms with van der Waals surface area (Å²) in [7, 11) is -3.53. The molecule has 6 nitrogen and oxygen atoms in total. The lowest BCUT2D eigenvalue weighted by molar-refractivity contribution is -0.143. The number of ether oxygens (including phenoxy) is 1. The van der Waals surface area contributed by atoms with Crippen molar-refractivity contribution < 1.29 is 17.9 Å². The smallest absolute Gasteiger partial charge is 0.325 e. The number of carbonyl (C=O) groups is 1. The zero-order chi connectivity index (χ0) is 23.4. The summed E-state index contributed by atoms with van der Waals surface area (Å²) in [6, 6.07) is 19.2. The minimum absolute atomic E-state index is 0.109. The van der Waals surface area contributed by atoms with Crippen molar-refractivity contribution in [3.8, 4) is 11.3 Å². The number of carbonyl (C=O) groups excluding carboxylic acids is 1. The van der Waals surface area contributed by atoms with Gasteiger partial charge in [0.1, 0.15) is 6.54 Å². The van der Waals surface area contributed by atoms with Crippen molar-refractivity contribution in [1.29, 1.82) is 0 Å². The van der Waals surface area contributed by atoms with E-state index in [1.54, 1.807) is 23.4 Å². The highest BCUT2D eigenvalue weighted by molar-refractivity contribution is 7.89. The summed E-state index contributed by atoms with van der Waals surface area (Å²) in [4.78, 5) is 12.7. The van der Waals surface area contributed by atoms with E-state index in [9.17, 15) is 13.2 Å². The van der Waals surface area contributed by atoms with E-state index in [2.05, 4.69) is 6.07 Å². The van der Waals surface area contributed by atoms with Crippen molar-refractivity contribution in [2.75, 3.05) is 19.7 Å². The van der Waals surface area contributed by atoms with Crippen LogP contribution in [0.1, 0.15) is 36.6 Å². The third-order valence-electron chi connectivity index (χ3n) is 6.17. The minimum Gasteiger partial charge on any atom is -0.465 e. The molecule has 0 saturated carbocycles. The first-order valence-corrected chi connectivity index (χ1v) is 12.8. The standard InChI is InChI=1S/C26H30N2O4S/c1-3-32-26(29)19-28-20(2)23(18-24(28)21-11-5-4-6-12-21)17-22-13-7-8-14-25(22)33(30,31)27-15-9-10-16-27/h4-8,11-14,18H,3,9-10,15-17,19H2,1-2H3. The lowest BCUT2D eigenvalue weighted by Gasteiger charge is -2.18. The van der Waals surface area contributed by atoms with Gasteiger partial charge >= 0.3 is 5.97 Å². The summed E-state index contributed by atoms with van der Waals surface area (Å²) >= 11 is 0. The van der Waals surface area contributed by atoms with Crippen LogP contribution in [0, 0.1) is 6.92 Å². The molecule has 0 bridgehead atoms. The lowest BCUT2D eigenvalue weighted by Crippen LogP contribution is -2.28. The third-order valence-corrected chi connectivity index (χ3v) is 8.17. The Balaban J connectivity index is 1.74. The van der Waals surface area contributed by atoms with Crippen LogP contribution in [0.15, 0.2) is 65.6 Å². The van der Waals surface area contributed by atoms with Crippen molar-refractivity contribution in [2.45, 2.75) is 44.6 Å². The monoisotopic (exact) mass is 466 g/mol. The molecule has 0 aliphatic carbocycles. The molecule has 7 heteroatoms. The van der Waals surface area contributed by atoms with E-state index in [-0.39, 0.29) is 12.5 Å². The Labute approximate surface area is 195 Å². The summed E-state index contributed by atoms with van der Waals surface area (Å²) in [5.41, 5.74) is 4.59. The van der Waals surface area contributed by atoms with Gasteiger partial charge in [-0.2, -0.15) is 4.31 Å². The second-order valence-corrected chi connectivity index (χ2v) is 10.2. The zero-order valence-corrected chi connectivity index (χ0v) is 20.0. The van der Waals surface area contributed by atoms with E-state index in [0.717, 1.165) is 40.9 Å². The van der Waals surface area contributed by atoms with Gasteiger partial charge in [-0.05, 0) is 55.5 Å². The van der Waals surface area contributed by atoms with Gasteiger partial charge in [0, 0.05) is 30.9 Å². The molecule has 4 rings (SSSR count). The highest BCUT2D eigenvalue weighted by atomic mass is 32.2. The molecule has 2 aromatic carbocycles. The average molecular weight is 467 g/mol. The molecular weight excluding hydrogens is 436 g/mol. The Morgan fingerprint density at radius 3 is 2.33 bits per heavy atom. The number of hydrogen-bond donors (Lipinski definition) is 0. The van der Waals surface area contributed by atoms with Crippen molar-refractivity contribution >= 4 is 16.0 Å². The molecule has 1 aromatic heterocycles. The normalized spacial score (nSPS) is 14.5. The number of nitrogens with zero attached hydrogens (tertiary/aromatic N) is 2. The molecule has 0 unspecified atom stereocenters. The molecule has 174 valence electrons. The number of benzene rings is 2. The van der Waals surface area contributed by atoms with E-state index >= 15 is 0 Å². The summed E-state index contributed by atoms with van der Waals surface area (Å²) in [5, 5.41) is 0. The summed E-state index contributed by atoms with van der Waals surface area (Å²) < 4.78 is 35.3. The Bertz CT molecular complexity index is 1230. The van der Waals surface area contributed by atoms with Crippen LogP contribution >= 0.6 is 0 Å². The topological polar surface area (TPSA) is 68.6 Å². The van der Waals surface area contributed by atoms with E-state index in [4.69, 9.17) is 4.74 Å². The van der Waals surface area contributed by atoms with Gasteiger partial charge in [0.05, 0.1) is 11.5 Å². The van der Waals surface area contributed by atoms with E-state index < -0.39 is 10.0 Å². The van der Waals surface area contributed by atoms with Crippen molar-refractivity contribution in [3.63, 3.8) is 0 Å². The number of hydrogen-bond acceptors (Lipinski definition) is 4. The number of esters is 1. The molecule has 3 aromatic rings. The predicted octanol–water partition coefficient (Wildman–Crippen LogP) is 4.40. The summed E-state index contributed by atoms with van der Waals surface area (Å²) in [5.74, 6) is -0.294. The first-order valence-electron chi connectivity index (χ1n) is 11.4. The molecule has 33 heavy (non-hydrogen) atoms. The first kappa shape index (κ1) is 23.3. The maximum absolute atomic E-state index is 13.3. The summed E-state index contributed by atoms with van der Waals surface area (Å²) in [6.07, 6.45) is 2.26. The molecule has 0 atom stereocenters. The fraction of sp³-hybridized carbons (Fsp3) is 0.346. The first-order chi connectivity index (χ1) is 15.9. The second-order valence-electron chi connectivity index (χ2n) is 8.29. The molecule has 0 N–H and O–H groups in total. The maximum atomic E-state index is 13.3. The van der Waals surface area contributed by atoms with Crippen LogP contribution in [-0.4, -0.2) is 43.0 Å². The largest absolute Gasteiger partial charge is 0.465 e. The second kappa shape index (κ2) is 9.93. The van der Waals surface area contributed by atoms with E-state index in [1.807, 2.05) is 54.0 Å². The van der Waals surface area contributed by atoms with Crippen molar-refractivity contribution in [2.24, 2.45) is 0 Å². The van der Waals surface area contributed by atoms with Crippen LogP contribution < -0.4 is 0 Å². The fourth-order valence-electron chi connectivity index (χ4n) is 4.44. The molecule has 1 aliphatic rings. The fourth-order valence-corrected chi connectivity index (χ4v) is 6.18. The molecular formula is C26H30N2O4S. The molecule has 2 heterocycles. The molecule has 0 radical (unpaired) electrons. The van der Waals surface area contributed by atoms with Crippen LogP contribution in [0.25, 0.3) is 11.3 Å². The van der Waals surface area contributed by atoms with E-state index in [0.29, 0.717) is 31.0 Å². The van der Waals surface area contributed by atoms with Crippen molar-refractivity contribution in [3.05, 3.63) is 77.5 Å². The van der Waals surface area contributed by atoms with Gasteiger partial charge in [0.25, 0.3) is 0 Å². The molecule has 0 amide bonds. The van der Waals surface area contributed by atoms with Gasteiger partial charge in [0.15, 0.2) is 0 Å². The Kier molecular flexibility index (Phi) is 7.00. The van der Waals surface area contributed by atoms with E-state index in [1.165, 1.54) is 0 Å². The minimum atomic E-state index is -3.53. The Morgan fingerprint density at radius 1 is 0.970 bits per heavy atom. The maximum Gasteiger partial charge on any atom is 0.325 e. The Hall–Kier alpha value is -2.90. The van der Waals surface area contributed by atoms with Crippen LogP contribution in [0.5, 0.6) is 0 Å². The number of aromatic nitrogens is 1. The third kappa shape index (κ3) is 4.89. The summed E-state index contributed by atoms with van der Waals surface area (Å²) in [6.45, 7) is 5.35. The molecule has 0 spiro atoms. The van der Waals surface area contributed by atoms with Crippen LogP contribution in [0.2, 0.25) is 0 Å². The van der Waals surface area contributed by atoms with Gasteiger partial charge < -0.3 is 9.30 Å². The highest BCUT2D eigenvalue weighted by Crippen LogP contribution is 2.30. The average Bonchev–Trinajstić information content (AvgIpc) is 3.46. The van der Waals surface area contributed by atoms with Crippen LogP contribution in [-0.2, 0) is 32.5 Å². The lowest BCUT2D eigenvalue weighted by atomic mass is 10.0. The zero-order valence-electron chi connectivity index (χ0n) is 19.2. The van der Waals surface area contributed by atoms with Gasteiger partial charge in [-0.3, -0.25) is 4.79 Å². The van der Waals surface area contributed by atoms with Gasteiger partial charge in [-0.15, -0.1) is 0 Å².